The summed E-state index contributed by atoms with van der Waals surface area (Å²) in [6.07, 6.45) is 19.8. The first-order chi connectivity index (χ1) is 11.7. The van der Waals surface area contributed by atoms with E-state index in [4.69, 9.17) is 9.84 Å². The predicted molar refractivity (Wildman–Crippen MR) is 103 cm³/mol. The van der Waals surface area contributed by atoms with E-state index in [2.05, 4.69) is 6.92 Å². The Morgan fingerprint density at radius 1 is 0.800 bits per heavy atom. The van der Waals surface area contributed by atoms with Crippen LogP contribution in [0.15, 0.2) is 0 Å². The summed E-state index contributed by atoms with van der Waals surface area (Å²) in [4.78, 5) is 11.3. The van der Waals surface area contributed by atoms with Crippen molar-refractivity contribution in [1.29, 1.82) is 0 Å². The Bertz CT molecular complexity index is 276. The normalized spacial score (nSPS) is 11.8. The Morgan fingerprint density at radius 3 is 1.52 bits per heavy atom. The third-order valence-corrected chi connectivity index (χ3v) is 4.47. The maximum atomic E-state index is 11.3. The van der Waals surface area contributed by atoms with Crippen LogP contribution in [0.25, 0.3) is 0 Å². The van der Waals surface area contributed by atoms with Crippen LogP contribution < -0.4 is 29.6 Å². The largest absolute Gasteiger partial charge is 1.00 e. The molecule has 0 aromatic rings. The van der Waals surface area contributed by atoms with E-state index in [9.17, 15) is 4.79 Å². The zero-order valence-corrected chi connectivity index (χ0v) is 19.4. The molecule has 0 spiro atoms. The van der Waals surface area contributed by atoms with Crippen molar-refractivity contribution in [3.8, 4) is 0 Å². The van der Waals surface area contributed by atoms with Crippen molar-refractivity contribution in [3.63, 3.8) is 0 Å². The monoisotopic (exact) mass is 366 g/mol. The summed E-state index contributed by atoms with van der Waals surface area (Å²) < 4.78 is 4.93. The minimum atomic E-state index is -0.560. The standard InChI is InChI=1S/C21H42O3.Na.H/c1-3-4-5-6-7-8-9-10-11-12-13-14-15-16-17-18-21(23)24-19-20(2)22;;/h20,22H,3-19H2,1-2H3;;/q;+1;-1. The molecule has 1 N–H and O–H groups in total. The smallest absolute Gasteiger partial charge is 1.00 e. The number of carbonyl (C=O) groups is 1. The fraction of sp³-hybridized carbons (Fsp3) is 0.952. The van der Waals surface area contributed by atoms with Gasteiger partial charge in [0.1, 0.15) is 6.61 Å². The molecule has 0 aromatic heterocycles. The molecule has 1 unspecified atom stereocenters. The summed E-state index contributed by atoms with van der Waals surface area (Å²) in [5.41, 5.74) is 0. The number of unbranched alkanes of at least 4 members (excludes halogenated alkanes) is 14. The number of esters is 1. The van der Waals surface area contributed by atoms with Crippen molar-refractivity contribution in [3.05, 3.63) is 0 Å². The molecule has 25 heavy (non-hydrogen) atoms. The van der Waals surface area contributed by atoms with E-state index in [1.54, 1.807) is 6.92 Å². The number of hydrogen-bond donors (Lipinski definition) is 1. The van der Waals surface area contributed by atoms with Crippen LogP contribution in [0.1, 0.15) is 118 Å². The van der Waals surface area contributed by atoms with Crippen molar-refractivity contribution < 1.29 is 45.6 Å². The number of ether oxygens (including phenoxy) is 1. The molecule has 3 nitrogen and oxygen atoms in total. The summed E-state index contributed by atoms with van der Waals surface area (Å²) in [6.45, 7) is 4.02. The first kappa shape index (κ1) is 27.6. The Kier molecular flexibility index (Phi) is 24.9. The number of carbonyl (C=O) groups excluding carboxylic acids is 1. The van der Waals surface area contributed by atoms with Crippen LogP contribution in [0.4, 0.5) is 0 Å². The molecule has 1 atom stereocenters. The number of aliphatic hydroxyl groups excluding tert-OH is 1. The molecule has 0 heterocycles. The van der Waals surface area contributed by atoms with Crippen LogP contribution in [0.2, 0.25) is 0 Å². The fourth-order valence-corrected chi connectivity index (χ4v) is 2.93. The molecule has 0 amide bonds. The first-order valence-corrected chi connectivity index (χ1v) is 10.5. The van der Waals surface area contributed by atoms with E-state index in [0.29, 0.717) is 6.42 Å². The Balaban J connectivity index is -0.00000264. The molecule has 146 valence electrons. The topological polar surface area (TPSA) is 46.5 Å². The van der Waals surface area contributed by atoms with Gasteiger partial charge >= 0.3 is 35.5 Å². The molecule has 0 rings (SSSR count). The molecule has 0 saturated heterocycles. The van der Waals surface area contributed by atoms with Gasteiger partial charge in [-0.25, -0.2) is 0 Å². The minimum absolute atomic E-state index is 0. The molecule has 0 aromatic carbocycles. The van der Waals surface area contributed by atoms with E-state index in [-0.39, 0.29) is 43.6 Å². The van der Waals surface area contributed by atoms with Gasteiger partial charge in [0.2, 0.25) is 0 Å². The Labute approximate surface area is 180 Å². The summed E-state index contributed by atoms with van der Waals surface area (Å²) >= 11 is 0. The third-order valence-electron chi connectivity index (χ3n) is 4.47. The molecular formula is C21H43NaO3. The second kappa shape index (κ2) is 22.5. The third kappa shape index (κ3) is 24.4. The van der Waals surface area contributed by atoms with Crippen LogP contribution in [0.5, 0.6) is 0 Å². The van der Waals surface area contributed by atoms with E-state index in [1.807, 2.05) is 0 Å². The van der Waals surface area contributed by atoms with Crippen LogP contribution in [-0.2, 0) is 9.53 Å². The van der Waals surface area contributed by atoms with Gasteiger partial charge in [0.05, 0.1) is 6.10 Å². The molecule has 0 aliphatic rings. The maximum Gasteiger partial charge on any atom is 1.00 e. The number of aliphatic hydroxyl groups is 1. The second-order valence-electron chi connectivity index (χ2n) is 7.23. The van der Waals surface area contributed by atoms with Crippen molar-refractivity contribution in [1.82, 2.24) is 0 Å². The van der Waals surface area contributed by atoms with E-state index < -0.39 is 6.10 Å². The van der Waals surface area contributed by atoms with Gasteiger partial charge in [-0.15, -0.1) is 0 Å². The fourth-order valence-electron chi connectivity index (χ4n) is 2.93. The van der Waals surface area contributed by atoms with Gasteiger partial charge in [0.25, 0.3) is 0 Å². The molecular weight excluding hydrogens is 323 g/mol. The van der Waals surface area contributed by atoms with Crippen molar-refractivity contribution in [2.45, 2.75) is 123 Å². The van der Waals surface area contributed by atoms with Crippen LogP contribution >= 0.6 is 0 Å². The maximum absolute atomic E-state index is 11.3. The van der Waals surface area contributed by atoms with Gasteiger partial charge in [0, 0.05) is 6.42 Å². The summed E-state index contributed by atoms with van der Waals surface area (Å²) in [5.74, 6) is -0.175. The summed E-state index contributed by atoms with van der Waals surface area (Å²) in [5, 5.41) is 9.03. The van der Waals surface area contributed by atoms with Crippen LogP contribution in [0, 0.1) is 0 Å². The molecule has 4 heteroatoms. The van der Waals surface area contributed by atoms with Gasteiger partial charge in [-0.05, 0) is 13.3 Å². The summed E-state index contributed by atoms with van der Waals surface area (Å²) in [7, 11) is 0. The van der Waals surface area contributed by atoms with Crippen LogP contribution in [-0.4, -0.2) is 23.8 Å². The molecule has 0 aliphatic carbocycles. The Hall–Kier alpha value is 0.430. The summed E-state index contributed by atoms with van der Waals surface area (Å²) in [6, 6.07) is 0. The predicted octanol–water partition coefficient (Wildman–Crippen LogP) is 3.29. The zero-order chi connectivity index (χ0) is 17.9. The van der Waals surface area contributed by atoms with Crippen LogP contribution in [0.3, 0.4) is 0 Å². The first-order valence-electron chi connectivity index (χ1n) is 10.5. The zero-order valence-electron chi connectivity index (χ0n) is 18.4. The Morgan fingerprint density at radius 2 is 1.16 bits per heavy atom. The average Bonchev–Trinajstić information content (AvgIpc) is 2.56. The van der Waals surface area contributed by atoms with Crippen molar-refractivity contribution in [2.75, 3.05) is 6.61 Å². The van der Waals surface area contributed by atoms with Gasteiger partial charge in [-0.3, -0.25) is 4.79 Å². The molecule has 0 bridgehead atoms. The SMILES string of the molecule is CCCCCCCCCCCCCCCCCC(=O)OCC(C)O.[H-].[Na+]. The van der Waals surface area contributed by atoms with Gasteiger partial charge in [0.15, 0.2) is 0 Å². The molecule has 0 saturated carbocycles. The quantitative estimate of drug-likeness (QED) is 0.230. The van der Waals surface area contributed by atoms with E-state index >= 15 is 0 Å². The minimum Gasteiger partial charge on any atom is -1.00 e. The average molecular weight is 367 g/mol. The van der Waals surface area contributed by atoms with Gasteiger partial charge < -0.3 is 11.3 Å². The van der Waals surface area contributed by atoms with Gasteiger partial charge in [-0.1, -0.05) is 96.8 Å². The molecule has 0 aliphatic heterocycles. The van der Waals surface area contributed by atoms with Crippen molar-refractivity contribution >= 4 is 5.97 Å². The molecule has 0 fully saturated rings. The number of rotatable bonds is 18. The van der Waals surface area contributed by atoms with E-state index in [1.165, 1.54) is 83.5 Å². The van der Waals surface area contributed by atoms with Crippen molar-refractivity contribution in [2.24, 2.45) is 0 Å². The molecule has 0 radical (unpaired) electrons. The van der Waals surface area contributed by atoms with E-state index in [0.717, 1.165) is 12.8 Å². The number of hydrogen-bond acceptors (Lipinski definition) is 3. The second-order valence-corrected chi connectivity index (χ2v) is 7.23. The van der Waals surface area contributed by atoms with Gasteiger partial charge in [-0.2, -0.15) is 0 Å².